The molecule has 2 aliphatic heterocycles. The fraction of sp³-hybridized carbons (Fsp3) is 0.647. The predicted octanol–water partition coefficient (Wildman–Crippen LogP) is 2.11. The van der Waals surface area contributed by atoms with Gasteiger partial charge in [-0.25, -0.2) is 4.98 Å². The molecule has 7 heteroatoms. The van der Waals surface area contributed by atoms with Crippen LogP contribution in [0.5, 0.6) is 0 Å². The molecule has 2 aromatic rings. The van der Waals surface area contributed by atoms with Crippen LogP contribution in [0.1, 0.15) is 37.2 Å². The molecule has 2 saturated heterocycles. The molecule has 4 heterocycles. The van der Waals surface area contributed by atoms with Gasteiger partial charge in [-0.1, -0.05) is 0 Å². The normalized spacial score (nSPS) is 28.8. The van der Waals surface area contributed by atoms with E-state index in [1.54, 1.807) is 23.9 Å². The van der Waals surface area contributed by atoms with E-state index in [2.05, 4.69) is 28.6 Å². The predicted molar refractivity (Wildman–Crippen MR) is 93.6 cm³/mol. The third-order valence-electron chi connectivity index (χ3n) is 4.98. The molecular formula is C17H24N4O2S. The number of amides is 1. The molecule has 0 spiro atoms. The van der Waals surface area contributed by atoms with Gasteiger partial charge in [0.25, 0.3) is 5.91 Å². The van der Waals surface area contributed by atoms with Crippen molar-refractivity contribution in [1.29, 1.82) is 0 Å². The van der Waals surface area contributed by atoms with Crippen LogP contribution in [0.15, 0.2) is 17.9 Å². The lowest BCUT2D eigenvalue weighted by Crippen LogP contribution is -2.51. The highest BCUT2D eigenvalue weighted by Crippen LogP contribution is 2.24. The topological polar surface area (TPSA) is 50.1 Å². The van der Waals surface area contributed by atoms with Crippen LogP contribution in [0.3, 0.4) is 0 Å². The molecule has 0 saturated carbocycles. The van der Waals surface area contributed by atoms with E-state index in [1.165, 1.54) is 0 Å². The van der Waals surface area contributed by atoms with Gasteiger partial charge in [0, 0.05) is 37.6 Å². The molecule has 0 aliphatic carbocycles. The van der Waals surface area contributed by atoms with E-state index in [-0.39, 0.29) is 18.1 Å². The Balaban J connectivity index is 1.48. The van der Waals surface area contributed by atoms with Gasteiger partial charge < -0.3 is 9.64 Å². The summed E-state index contributed by atoms with van der Waals surface area (Å²) in [7, 11) is 0. The van der Waals surface area contributed by atoms with Crippen molar-refractivity contribution in [3.05, 3.63) is 23.6 Å². The van der Waals surface area contributed by atoms with Gasteiger partial charge in [-0.05, 0) is 26.7 Å². The number of imidazole rings is 1. The van der Waals surface area contributed by atoms with Crippen LogP contribution in [-0.4, -0.2) is 69.5 Å². The summed E-state index contributed by atoms with van der Waals surface area (Å²) in [6.07, 6.45) is 6.24. The van der Waals surface area contributed by atoms with Crippen molar-refractivity contribution in [1.82, 2.24) is 19.2 Å². The van der Waals surface area contributed by atoms with Crippen LogP contribution >= 0.6 is 11.3 Å². The molecule has 0 unspecified atom stereocenters. The van der Waals surface area contributed by atoms with E-state index < -0.39 is 0 Å². The number of carbonyl (C=O) groups excluding carboxylic acids is 1. The zero-order valence-electron chi connectivity index (χ0n) is 14.2. The molecule has 2 aromatic heterocycles. The Labute approximate surface area is 146 Å². The SMILES string of the molecule is C[C@@H]1CN(C[C@H]2CCCN2C(=O)c2csc3cncn23)C[C@H](C)O1. The largest absolute Gasteiger partial charge is 0.373 e. The monoisotopic (exact) mass is 348 g/mol. The van der Waals surface area contributed by atoms with E-state index in [4.69, 9.17) is 4.74 Å². The molecule has 2 fully saturated rings. The summed E-state index contributed by atoms with van der Waals surface area (Å²) >= 11 is 1.57. The first-order chi connectivity index (χ1) is 11.6. The zero-order valence-corrected chi connectivity index (χ0v) is 15.0. The summed E-state index contributed by atoms with van der Waals surface area (Å²) in [5.41, 5.74) is 0.739. The molecule has 6 nitrogen and oxygen atoms in total. The van der Waals surface area contributed by atoms with Gasteiger partial charge in [0.15, 0.2) is 0 Å². The van der Waals surface area contributed by atoms with Crippen molar-refractivity contribution in [2.45, 2.75) is 44.9 Å². The van der Waals surface area contributed by atoms with Crippen LogP contribution in [-0.2, 0) is 4.74 Å². The third-order valence-corrected chi connectivity index (χ3v) is 5.86. The minimum Gasteiger partial charge on any atom is -0.373 e. The van der Waals surface area contributed by atoms with Crippen LogP contribution in [0.2, 0.25) is 0 Å². The molecule has 0 N–H and O–H groups in total. The molecule has 4 rings (SSSR count). The molecule has 3 atom stereocenters. The highest BCUT2D eigenvalue weighted by Gasteiger charge is 2.33. The van der Waals surface area contributed by atoms with E-state index in [1.807, 2.05) is 9.78 Å². The quantitative estimate of drug-likeness (QED) is 0.852. The molecule has 0 bridgehead atoms. The maximum atomic E-state index is 13.0. The van der Waals surface area contributed by atoms with Crippen LogP contribution in [0, 0.1) is 0 Å². The zero-order chi connectivity index (χ0) is 16.7. The van der Waals surface area contributed by atoms with Crippen LogP contribution in [0.4, 0.5) is 0 Å². The van der Waals surface area contributed by atoms with Gasteiger partial charge in [-0.15, -0.1) is 11.3 Å². The first-order valence-corrected chi connectivity index (χ1v) is 9.58. The van der Waals surface area contributed by atoms with Gasteiger partial charge in [-0.2, -0.15) is 0 Å². The lowest BCUT2D eigenvalue weighted by atomic mass is 10.1. The number of likely N-dealkylation sites (tertiary alicyclic amines) is 1. The number of ether oxygens (including phenoxy) is 1. The van der Waals surface area contributed by atoms with Crippen LogP contribution < -0.4 is 0 Å². The van der Waals surface area contributed by atoms with Crippen LogP contribution in [0.25, 0.3) is 4.83 Å². The highest BCUT2D eigenvalue weighted by molar-refractivity contribution is 7.15. The first kappa shape index (κ1) is 16.1. The van der Waals surface area contributed by atoms with E-state index >= 15 is 0 Å². The third kappa shape index (κ3) is 2.96. The highest BCUT2D eigenvalue weighted by atomic mass is 32.1. The molecule has 0 radical (unpaired) electrons. The van der Waals surface area contributed by atoms with Crippen molar-refractivity contribution in [2.24, 2.45) is 0 Å². The summed E-state index contributed by atoms with van der Waals surface area (Å²) in [5, 5.41) is 1.95. The lowest BCUT2D eigenvalue weighted by Gasteiger charge is -2.38. The Bertz CT molecular complexity index is 717. The van der Waals surface area contributed by atoms with Gasteiger partial charge >= 0.3 is 0 Å². The van der Waals surface area contributed by atoms with E-state index in [9.17, 15) is 4.79 Å². The first-order valence-electron chi connectivity index (χ1n) is 8.70. The second-order valence-corrected chi connectivity index (χ2v) is 7.88. The maximum Gasteiger partial charge on any atom is 0.272 e. The Hall–Kier alpha value is -1.44. The number of thiazole rings is 1. The molecule has 24 heavy (non-hydrogen) atoms. The van der Waals surface area contributed by atoms with Gasteiger partial charge in [-0.3, -0.25) is 14.1 Å². The number of carbonyl (C=O) groups is 1. The minimum atomic E-state index is 0.135. The molecule has 130 valence electrons. The van der Waals surface area contributed by atoms with Crippen molar-refractivity contribution >= 4 is 22.1 Å². The Morgan fingerprint density at radius 3 is 2.96 bits per heavy atom. The van der Waals surface area contributed by atoms with Gasteiger partial charge in [0.2, 0.25) is 0 Å². The van der Waals surface area contributed by atoms with Crippen molar-refractivity contribution in [3.8, 4) is 0 Å². The number of rotatable bonds is 3. The van der Waals surface area contributed by atoms with Crippen molar-refractivity contribution < 1.29 is 9.53 Å². The summed E-state index contributed by atoms with van der Waals surface area (Å²) in [6.45, 7) is 7.95. The number of nitrogens with zero attached hydrogens (tertiary/aromatic N) is 4. The fourth-order valence-electron chi connectivity index (χ4n) is 4.05. The Kier molecular flexibility index (Phi) is 4.32. The number of fused-ring (bicyclic) bond motifs is 1. The van der Waals surface area contributed by atoms with Gasteiger partial charge in [0.1, 0.15) is 16.9 Å². The summed E-state index contributed by atoms with van der Waals surface area (Å²) < 4.78 is 7.73. The van der Waals surface area contributed by atoms with E-state index in [0.29, 0.717) is 6.04 Å². The summed E-state index contributed by atoms with van der Waals surface area (Å²) in [5.74, 6) is 0.135. The fourth-order valence-corrected chi connectivity index (χ4v) is 4.88. The Morgan fingerprint density at radius 2 is 2.17 bits per heavy atom. The summed E-state index contributed by atoms with van der Waals surface area (Å²) in [4.78, 5) is 22.7. The number of hydrogen-bond acceptors (Lipinski definition) is 5. The minimum absolute atomic E-state index is 0.135. The van der Waals surface area contributed by atoms with Crippen molar-refractivity contribution in [2.75, 3.05) is 26.2 Å². The number of hydrogen-bond donors (Lipinski definition) is 0. The Morgan fingerprint density at radius 1 is 1.38 bits per heavy atom. The van der Waals surface area contributed by atoms with Gasteiger partial charge in [0.05, 0.1) is 18.4 Å². The lowest BCUT2D eigenvalue weighted by molar-refractivity contribution is -0.0715. The maximum absolute atomic E-state index is 13.0. The average molecular weight is 348 g/mol. The molecular weight excluding hydrogens is 324 g/mol. The van der Waals surface area contributed by atoms with Crippen molar-refractivity contribution in [3.63, 3.8) is 0 Å². The number of morpholine rings is 1. The second-order valence-electron chi connectivity index (χ2n) is 6.99. The second kappa shape index (κ2) is 6.46. The smallest absolute Gasteiger partial charge is 0.272 e. The van der Waals surface area contributed by atoms with E-state index in [0.717, 1.165) is 49.5 Å². The average Bonchev–Trinajstić information content (AvgIpc) is 3.21. The number of aromatic nitrogens is 2. The summed E-state index contributed by atoms with van der Waals surface area (Å²) in [6, 6.07) is 0.300. The standard InChI is InChI=1S/C17H24N4O2S/c1-12-7-19(8-13(2)23-12)9-14-4-3-5-20(14)17(22)15-10-24-16-6-18-11-21(15)16/h6,10-14H,3-5,7-9H2,1-2H3/t12-,13+,14-/m1/s1. The molecule has 2 aliphatic rings. The molecule has 0 aromatic carbocycles. The molecule has 1 amide bonds.